The molecule has 0 radical (unpaired) electrons. The number of imidazole rings is 1. The maximum Gasteiger partial charge on any atom is 0.221 e. The number of fused-ring (bicyclic) bond motifs is 1. The number of nitrogens with one attached hydrogen (secondary N) is 1. The zero-order valence-electron chi connectivity index (χ0n) is 14.5. The number of hydrogen-bond donors (Lipinski definition) is 2. The Kier molecular flexibility index (Phi) is 5.46. The van der Waals surface area contributed by atoms with Gasteiger partial charge in [-0.25, -0.2) is 4.98 Å². The normalized spacial score (nSPS) is 12.2. The fourth-order valence-corrected chi connectivity index (χ4v) is 3.07. The van der Waals surface area contributed by atoms with Crippen molar-refractivity contribution in [1.82, 2.24) is 14.9 Å². The number of rotatable bonds is 7. The Morgan fingerprint density at radius 3 is 2.64 bits per heavy atom. The largest absolute Gasteiger partial charge is 0.356 e. The van der Waals surface area contributed by atoms with Gasteiger partial charge in [0.1, 0.15) is 5.82 Å². The zero-order chi connectivity index (χ0) is 17.6. The molecule has 3 aromatic rings. The smallest absolute Gasteiger partial charge is 0.221 e. The van der Waals surface area contributed by atoms with Crippen molar-refractivity contribution in [3.05, 3.63) is 66.0 Å². The predicted molar refractivity (Wildman–Crippen MR) is 100 cm³/mol. The summed E-state index contributed by atoms with van der Waals surface area (Å²) >= 11 is 0. The van der Waals surface area contributed by atoms with Crippen LogP contribution in [0.15, 0.2) is 54.6 Å². The van der Waals surface area contributed by atoms with Crippen molar-refractivity contribution in [2.75, 3.05) is 6.54 Å². The fraction of sp³-hybridized carbons (Fsp3) is 0.300. The molecular formula is C20H24N4O. The predicted octanol–water partition coefficient (Wildman–Crippen LogP) is 2.81. The summed E-state index contributed by atoms with van der Waals surface area (Å²) in [4.78, 5) is 16.8. The molecule has 0 aliphatic rings. The Hall–Kier alpha value is -2.66. The number of nitrogens with zero attached hydrogens (tertiary/aromatic N) is 2. The summed E-state index contributed by atoms with van der Waals surface area (Å²) in [5.41, 5.74) is 9.21. The summed E-state index contributed by atoms with van der Waals surface area (Å²) in [5.74, 6) is 0.965. The number of para-hydroxylation sites is 2. The van der Waals surface area contributed by atoms with Crippen LogP contribution in [0.4, 0.5) is 0 Å². The molecule has 5 heteroatoms. The number of amides is 1. The van der Waals surface area contributed by atoms with Gasteiger partial charge in [-0.3, -0.25) is 4.79 Å². The Labute approximate surface area is 147 Å². The average Bonchev–Trinajstić information content (AvgIpc) is 2.99. The number of aryl methyl sites for hydroxylation is 1. The summed E-state index contributed by atoms with van der Waals surface area (Å²) in [7, 11) is 0. The van der Waals surface area contributed by atoms with Crippen LogP contribution in [-0.2, 0) is 17.8 Å². The molecule has 0 aliphatic carbocycles. The summed E-state index contributed by atoms with van der Waals surface area (Å²) in [6.45, 7) is 3.53. The van der Waals surface area contributed by atoms with E-state index in [1.54, 1.807) is 0 Å². The van der Waals surface area contributed by atoms with Gasteiger partial charge in [0.15, 0.2) is 0 Å². The van der Waals surface area contributed by atoms with E-state index in [0.29, 0.717) is 13.0 Å². The first-order valence-electron chi connectivity index (χ1n) is 8.70. The first-order valence-corrected chi connectivity index (χ1v) is 8.70. The van der Waals surface area contributed by atoms with Crippen molar-refractivity contribution in [1.29, 1.82) is 0 Å². The lowest BCUT2D eigenvalue weighted by atomic mass is 10.0. The summed E-state index contributed by atoms with van der Waals surface area (Å²) in [6.07, 6.45) is 0.989. The second-order valence-electron chi connectivity index (χ2n) is 6.08. The highest BCUT2D eigenvalue weighted by molar-refractivity contribution is 5.77. The van der Waals surface area contributed by atoms with Gasteiger partial charge < -0.3 is 15.6 Å². The Morgan fingerprint density at radius 2 is 1.88 bits per heavy atom. The van der Waals surface area contributed by atoms with Gasteiger partial charge in [0, 0.05) is 32.0 Å². The molecule has 1 heterocycles. The van der Waals surface area contributed by atoms with Gasteiger partial charge in [0.25, 0.3) is 0 Å². The number of aromatic nitrogens is 2. The van der Waals surface area contributed by atoms with Crippen molar-refractivity contribution in [2.24, 2.45) is 5.73 Å². The van der Waals surface area contributed by atoms with Gasteiger partial charge in [-0.15, -0.1) is 0 Å². The number of carbonyl (C=O) groups is 1. The molecule has 3 rings (SSSR count). The van der Waals surface area contributed by atoms with Gasteiger partial charge in [-0.1, -0.05) is 42.5 Å². The number of benzene rings is 2. The van der Waals surface area contributed by atoms with Crippen molar-refractivity contribution in [3.63, 3.8) is 0 Å². The Bertz CT molecular complexity index is 841. The molecule has 0 aliphatic heterocycles. The third-order valence-electron chi connectivity index (χ3n) is 4.35. The van der Waals surface area contributed by atoms with Crippen LogP contribution in [0.1, 0.15) is 30.8 Å². The van der Waals surface area contributed by atoms with Crippen molar-refractivity contribution < 1.29 is 4.79 Å². The zero-order valence-corrected chi connectivity index (χ0v) is 14.5. The van der Waals surface area contributed by atoms with Crippen LogP contribution in [0, 0.1) is 0 Å². The Balaban J connectivity index is 1.55. The van der Waals surface area contributed by atoms with Crippen LogP contribution in [-0.4, -0.2) is 22.0 Å². The summed E-state index contributed by atoms with van der Waals surface area (Å²) in [6, 6.07) is 17.5. The summed E-state index contributed by atoms with van der Waals surface area (Å²) in [5, 5.41) is 2.96. The second-order valence-corrected chi connectivity index (χ2v) is 6.08. The molecule has 1 atom stereocenters. The topological polar surface area (TPSA) is 72.9 Å². The molecule has 1 unspecified atom stereocenters. The second kappa shape index (κ2) is 7.94. The molecule has 130 valence electrons. The minimum absolute atomic E-state index is 0.0319. The molecule has 25 heavy (non-hydrogen) atoms. The van der Waals surface area contributed by atoms with Gasteiger partial charge in [0.05, 0.1) is 11.0 Å². The van der Waals surface area contributed by atoms with Gasteiger partial charge in [0.2, 0.25) is 5.91 Å². The van der Waals surface area contributed by atoms with Gasteiger partial charge in [-0.2, -0.15) is 0 Å². The van der Waals surface area contributed by atoms with Gasteiger partial charge in [-0.05, 0) is 24.6 Å². The van der Waals surface area contributed by atoms with Crippen molar-refractivity contribution in [3.8, 4) is 0 Å². The van der Waals surface area contributed by atoms with Crippen LogP contribution < -0.4 is 11.1 Å². The molecule has 0 saturated carbocycles. The minimum Gasteiger partial charge on any atom is -0.356 e. The monoisotopic (exact) mass is 336 g/mol. The van der Waals surface area contributed by atoms with E-state index in [9.17, 15) is 4.79 Å². The van der Waals surface area contributed by atoms with E-state index in [0.717, 1.165) is 29.0 Å². The van der Waals surface area contributed by atoms with E-state index in [4.69, 9.17) is 5.73 Å². The van der Waals surface area contributed by atoms with Crippen LogP contribution in [0.25, 0.3) is 11.0 Å². The van der Waals surface area contributed by atoms with E-state index in [1.807, 2.05) is 48.5 Å². The first-order chi connectivity index (χ1) is 12.2. The third-order valence-corrected chi connectivity index (χ3v) is 4.35. The van der Waals surface area contributed by atoms with E-state index >= 15 is 0 Å². The third kappa shape index (κ3) is 4.06. The van der Waals surface area contributed by atoms with Crippen LogP contribution >= 0.6 is 0 Å². The molecule has 3 N–H and O–H groups in total. The first kappa shape index (κ1) is 17.2. The lowest BCUT2D eigenvalue weighted by Crippen LogP contribution is -2.29. The van der Waals surface area contributed by atoms with Gasteiger partial charge >= 0.3 is 0 Å². The van der Waals surface area contributed by atoms with Crippen LogP contribution in [0.3, 0.4) is 0 Å². The maximum absolute atomic E-state index is 12.1. The Morgan fingerprint density at radius 1 is 1.16 bits per heavy atom. The molecule has 0 fully saturated rings. The molecule has 5 nitrogen and oxygen atoms in total. The summed E-state index contributed by atoms with van der Waals surface area (Å²) < 4.78 is 2.19. The maximum atomic E-state index is 12.1. The number of hydrogen-bond acceptors (Lipinski definition) is 3. The molecular weight excluding hydrogens is 312 g/mol. The lowest BCUT2D eigenvalue weighted by Gasteiger charge is -2.12. The van der Waals surface area contributed by atoms with E-state index in [1.165, 1.54) is 0 Å². The van der Waals surface area contributed by atoms with Crippen LogP contribution in [0.2, 0.25) is 0 Å². The highest BCUT2D eigenvalue weighted by Crippen LogP contribution is 2.16. The van der Waals surface area contributed by atoms with Crippen molar-refractivity contribution >= 4 is 16.9 Å². The highest BCUT2D eigenvalue weighted by Gasteiger charge is 2.12. The molecule has 0 saturated heterocycles. The highest BCUT2D eigenvalue weighted by atomic mass is 16.1. The van der Waals surface area contributed by atoms with E-state index in [-0.39, 0.29) is 18.4 Å². The van der Waals surface area contributed by atoms with Crippen LogP contribution in [0.5, 0.6) is 0 Å². The minimum atomic E-state index is -0.276. The molecule has 0 spiro atoms. The average molecular weight is 336 g/mol. The van der Waals surface area contributed by atoms with Crippen molar-refractivity contribution in [2.45, 2.75) is 32.4 Å². The fourth-order valence-electron chi connectivity index (χ4n) is 3.07. The molecule has 1 amide bonds. The quantitative estimate of drug-likeness (QED) is 0.697. The number of carbonyl (C=O) groups excluding carboxylic acids is 1. The standard InChI is InChI=1S/C20H24N4O/c1-2-24-18-11-7-6-10-17(18)23-19(24)12-13-22-20(25)14-16(21)15-8-4-3-5-9-15/h3-11,16H,2,12-14,21H2,1H3,(H,22,25). The lowest BCUT2D eigenvalue weighted by molar-refractivity contribution is -0.121. The SMILES string of the molecule is CCn1c(CCNC(=O)CC(N)c2ccccc2)nc2ccccc21. The number of nitrogens with two attached hydrogens (primary N) is 1. The van der Waals surface area contributed by atoms with E-state index in [2.05, 4.69) is 27.9 Å². The molecule has 2 aromatic carbocycles. The molecule has 0 bridgehead atoms. The van der Waals surface area contributed by atoms with E-state index < -0.39 is 0 Å². The molecule has 1 aromatic heterocycles.